The van der Waals surface area contributed by atoms with Crippen molar-refractivity contribution in [3.05, 3.63) is 108 Å². The van der Waals surface area contributed by atoms with Crippen LogP contribution < -0.4 is 10.6 Å². The summed E-state index contributed by atoms with van der Waals surface area (Å²) < 4.78 is 5.29. The Morgan fingerprint density at radius 1 is 0.719 bits per heavy atom. The van der Waals surface area contributed by atoms with Gasteiger partial charge in [-0.3, -0.25) is 4.79 Å². The zero-order chi connectivity index (χ0) is 22.6. The molecule has 0 spiro atoms. The van der Waals surface area contributed by atoms with Gasteiger partial charge in [-0.1, -0.05) is 91.0 Å². The van der Waals surface area contributed by atoms with E-state index >= 15 is 0 Å². The molecule has 0 saturated carbocycles. The number of hydrogen-bond donors (Lipinski definition) is 3. The summed E-state index contributed by atoms with van der Waals surface area (Å²) in [6, 6.07) is 27.1. The molecular formula is C26H28N2O4. The van der Waals surface area contributed by atoms with E-state index < -0.39 is 18.2 Å². The summed E-state index contributed by atoms with van der Waals surface area (Å²) >= 11 is 0. The smallest absolute Gasteiger partial charge is 0.408 e. The summed E-state index contributed by atoms with van der Waals surface area (Å²) in [5, 5.41) is 15.3. The number of benzene rings is 3. The maximum Gasteiger partial charge on any atom is 0.408 e. The number of rotatable bonds is 10. The van der Waals surface area contributed by atoms with Crippen molar-refractivity contribution in [3.8, 4) is 0 Å². The third-order valence-electron chi connectivity index (χ3n) is 5.00. The molecule has 3 aromatic rings. The van der Waals surface area contributed by atoms with Crippen LogP contribution >= 0.6 is 0 Å². The highest BCUT2D eigenvalue weighted by atomic mass is 16.5. The van der Waals surface area contributed by atoms with Gasteiger partial charge in [0.25, 0.3) is 0 Å². The second kappa shape index (κ2) is 12.3. The number of aliphatic hydroxyl groups is 1. The van der Waals surface area contributed by atoms with Crippen molar-refractivity contribution in [2.24, 2.45) is 0 Å². The molecule has 6 nitrogen and oxygen atoms in total. The monoisotopic (exact) mass is 432 g/mol. The molecule has 2 atom stereocenters. The van der Waals surface area contributed by atoms with Gasteiger partial charge in [0.2, 0.25) is 5.91 Å². The molecule has 0 unspecified atom stereocenters. The van der Waals surface area contributed by atoms with Crippen LogP contribution in [0.1, 0.15) is 16.7 Å². The van der Waals surface area contributed by atoms with Gasteiger partial charge in [-0.25, -0.2) is 4.79 Å². The first-order chi connectivity index (χ1) is 15.6. The first-order valence-corrected chi connectivity index (χ1v) is 10.6. The summed E-state index contributed by atoms with van der Waals surface area (Å²) in [6.45, 7) is -0.100. The summed E-state index contributed by atoms with van der Waals surface area (Å²) in [7, 11) is 0. The van der Waals surface area contributed by atoms with Crippen LogP contribution in [0.2, 0.25) is 0 Å². The molecule has 32 heavy (non-hydrogen) atoms. The summed E-state index contributed by atoms with van der Waals surface area (Å²) in [6.07, 6.45) is 0.115. The maximum absolute atomic E-state index is 13.0. The van der Waals surface area contributed by atoms with Crippen molar-refractivity contribution in [1.29, 1.82) is 0 Å². The van der Waals surface area contributed by atoms with Gasteiger partial charge < -0.3 is 20.5 Å². The van der Waals surface area contributed by atoms with Crippen LogP contribution in [0.3, 0.4) is 0 Å². The molecule has 166 valence electrons. The van der Waals surface area contributed by atoms with E-state index in [1.165, 1.54) is 0 Å². The van der Waals surface area contributed by atoms with Gasteiger partial charge in [0.05, 0.1) is 12.6 Å². The van der Waals surface area contributed by atoms with Gasteiger partial charge in [-0.2, -0.15) is 0 Å². The number of carbonyl (C=O) groups is 2. The van der Waals surface area contributed by atoms with E-state index in [9.17, 15) is 14.7 Å². The molecular weight excluding hydrogens is 404 g/mol. The number of hydrogen-bond acceptors (Lipinski definition) is 4. The number of alkyl carbamates (subject to hydrolysis) is 1. The minimum Gasteiger partial charge on any atom is -0.445 e. The van der Waals surface area contributed by atoms with Gasteiger partial charge in [-0.15, -0.1) is 0 Å². The zero-order valence-corrected chi connectivity index (χ0v) is 17.8. The average molecular weight is 433 g/mol. The van der Waals surface area contributed by atoms with Gasteiger partial charge in [0.1, 0.15) is 12.6 Å². The van der Waals surface area contributed by atoms with Crippen LogP contribution in [-0.2, 0) is 29.0 Å². The Morgan fingerprint density at radius 3 is 1.75 bits per heavy atom. The fourth-order valence-electron chi connectivity index (χ4n) is 3.33. The van der Waals surface area contributed by atoms with Gasteiger partial charge in [0, 0.05) is 6.42 Å². The van der Waals surface area contributed by atoms with Crippen LogP contribution in [0.4, 0.5) is 4.79 Å². The van der Waals surface area contributed by atoms with E-state index in [0.29, 0.717) is 12.8 Å². The zero-order valence-electron chi connectivity index (χ0n) is 17.8. The Labute approximate surface area is 188 Å². The highest BCUT2D eigenvalue weighted by molar-refractivity contribution is 5.86. The topological polar surface area (TPSA) is 87.7 Å². The Balaban J connectivity index is 1.63. The molecule has 3 rings (SSSR count). The highest BCUT2D eigenvalue weighted by Gasteiger charge is 2.24. The highest BCUT2D eigenvalue weighted by Crippen LogP contribution is 2.07. The molecule has 3 N–H and O–H groups in total. The molecule has 0 aliphatic carbocycles. The molecule has 0 saturated heterocycles. The average Bonchev–Trinajstić information content (AvgIpc) is 2.84. The van der Waals surface area contributed by atoms with E-state index in [-0.39, 0.29) is 19.1 Å². The SMILES string of the molecule is O=C(N[C@@H](Cc1ccccc1)C(=O)N[C@H](CO)Cc1ccccc1)OCc1ccccc1. The lowest BCUT2D eigenvalue weighted by atomic mass is 10.0. The Morgan fingerprint density at radius 2 is 1.22 bits per heavy atom. The van der Waals surface area contributed by atoms with Crippen LogP contribution in [0, 0.1) is 0 Å². The minimum absolute atomic E-state index is 0.111. The summed E-state index contributed by atoms with van der Waals surface area (Å²) in [4.78, 5) is 25.4. The van der Waals surface area contributed by atoms with Crippen LogP contribution in [0.5, 0.6) is 0 Å². The lowest BCUT2D eigenvalue weighted by Gasteiger charge is -2.22. The molecule has 0 heterocycles. The molecule has 0 radical (unpaired) electrons. The lowest BCUT2D eigenvalue weighted by Crippen LogP contribution is -2.52. The number of carbonyl (C=O) groups excluding carboxylic acids is 2. The molecule has 0 aliphatic rings. The maximum atomic E-state index is 13.0. The first-order valence-electron chi connectivity index (χ1n) is 10.6. The number of ether oxygens (including phenoxy) is 1. The normalized spacial score (nSPS) is 12.4. The van der Waals surface area contributed by atoms with Crippen LogP contribution in [-0.4, -0.2) is 35.8 Å². The van der Waals surface area contributed by atoms with E-state index in [0.717, 1.165) is 16.7 Å². The molecule has 0 bridgehead atoms. The molecule has 0 aliphatic heterocycles. The number of aliphatic hydroxyl groups excluding tert-OH is 1. The van der Waals surface area contributed by atoms with Crippen LogP contribution in [0.15, 0.2) is 91.0 Å². The summed E-state index contributed by atoms with van der Waals surface area (Å²) in [5.74, 6) is -0.375. The standard InChI is InChI=1S/C26H28N2O4/c29-18-23(16-20-10-4-1-5-11-20)27-25(30)24(17-21-12-6-2-7-13-21)28-26(31)32-19-22-14-8-3-9-15-22/h1-15,23-24,29H,16-19H2,(H,27,30)(H,28,31)/t23-,24-/m0/s1. The molecule has 3 aromatic carbocycles. The van der Waals surface area contributed by atoms with Crippen molar-refractivity contribution >= 4 is 12.0 Å². The molecule has 0 fully saturated rings. The van der Waals surface area contributed by atoms with Gasteiger partial charge in [0.15, 0.2) is 0 Å². The van der Waals surface area contributed by atoms with Crippen molar-refractivity contribution in [2.75, 3.05) is 6.61 Å². The van der Waals surface area contributed by atoms with E-state index in [2.05, 4.69) is 10.6 Å². The van der Waals surface area contributed by atoms with Gasteiger partial charge in [-0.05, 0) is 23.1 Å². The second-order valence-corrected chi connectivity index (χ2v) is 7.53. The lowest BCUT2D eigenvalue weighted by molar-refractivity contribution is -0.124. The quantitative estimate of drug-likeness (QED) is 0.459. The van der Waals surface area contributed by atoms with Crippen molar-refractivity contribution in [2.45, 2.75) is 31.5 Å². The van der Waals surface area contributed by atoms with Crippen molar-refractivity contribution in [1.82, 2.24) is 10.6 Å². The largest absolute Gasteiger partial charge is 0.445 e. The number of nitrogens with one attached hydrogen (secondary N) is 2. The number of amides is 2. The first kappa shape index (κ1) is 23.0. The molecule has 2 amide bonds. The predicted molar refractivity (Wildman–Crippen MR) is 123 cm³/mol. The fraction of sp³-hybridized carbons (Fsp3) is 0.231. The Hall–Kier alpha value is -3.64. The Kier molecular flexibility index (Phi) is 8.83. The van der Waals surface area contributed by atoms with E-state index in [1.807, 2.05) is 91.0 Å². The van der Waals surface area contributed by atoms with Crippen molar-refractivity contribution in [3.63, 3.8) is 0 Å². The fourth-order valence-corrected chi connectivity index (χ4v) is 3.33. The van der Waals surface area contributed by atoms with Crippen LogP contribution in [0.25, 0.3) is 0 Å². The second-order valence-electron chi connectivity index (χ2n) is 7.53. The minimum atomic E-state index is -0.842. The van der Waals surface area contributed by atoms with E-state index in [1.54, 1.807) is 0 Å². The predicted octanol–water partition coefficient (Wildman–Crippen LogP) is 3.24. The molecule has 0 aromatic heterocycles. The summed E-state index contributed by atoms with van der Waals surface area (Å²) in [5.41, 5.74) is 2.76. The molecule has 6 heteroatoms. The van der Waals surface area contributed by atoms with Crippen molar-refractivity contribution < 1.29 is 19.4 Å². The van der Waals surface area contributed by atoms with E-state index in [4.69, 9.17) is 4.74 Å². The Bertz CT molecular complexity index is 965. The third kappa shape index (κ3) is 7.56. The third-order valence-corrected chi connectivity index (χ3v) is 5.00. The van der Waals surface area contributed by atoms with Gasteiger partial charge >= 0.3 is 6.09 Å².